The maximum Gasteiger partial charge on any atom is 0.243 e. The number of piperidine rings is 1. The molecule has 3 rings (SSSR count). The number of ether oxygens (including phenoxy) is 1. The van der Waals surface area contributed by atoms with Gasteiger partial charge in [-0.05, 0) is 69.0 Å². The van der Waals surface area contributed by atoms with E-state index in [1.807, 2.05) is 26.8 Å². The van der Waals surface area contributed by atoms with Crippen molar-refractivity contribution in [2.45, 2.75) is 44.6 Å². The second-order valence-electron chi connectivity index (χ2n) is 7.94. The van der Waals surface area contributed by atoms with Gasteiger partial charge < -0.3 is 10.1 Å². The van der Waals surface area contributed by atoms with E-state index in [-0.39, 0.29) is 22.8 Å². The van der Waals surface area contributed by atoms with Gasteiger partial charge >= 0.3 is 0 Å². The van der Waals surface area contributed by atoms with Crippen LogP contribution in [0.2, 0.25) is 0 Å². The zero-order valence-electron chi connectivity index (χ0n) is 18.0. The lowest BCUT2D eigenvalue weighted by Crippen LogP contribution is -2.43. The van der Waals surface area contributed by atoms with E-state index in [2.05, 4.69) is 17.4 Å². The zero-order chi connectivity index (χ0) is 21.9. The number of aryl methyl sites for hydroxylation is 2. The first kappa shape index (κ1) is 22.3. The van der Waals surface area contributed by atoms with Crippen LogP contribution < -0.4 is 10.1 Å². The average molecular weight is 431 g/mol. The largest absolute Gasteiger partial charge is 0.497 e. The molecular formula is C23H30N2O4S. The minimum Gasteiger partial charge on any atom is -0.497 e. The van der Waals surface area contributed by atoms with Gasteiger partial charge in [-0.1, -0.05) is 23.8 Å². The van der Waals surface area contributed by atoms with E-state index in [1.165, 1.54) is 9.87 Å². The molecule has 2 aromatic carbocycles. The summed E-state index contributed by atoms with van der Waals surface area (Å²) < 4.78 is 32.3. The molecule has 0 radical (unpaired) electrons. The standard InChI is InChI=1S/C23H30N2O4S/c1-16-5-10-22(17(2)15-16)18(3)24-23(26)19-11-13-25(14-12-19)30(27,28)21-8-6-20(29-4)7-9-21/h5-10,15,18-19H,11-14H2,1-4H3,(H,24,26). The van der Waals surface area contributed by atoms with Crippen molar-refractivity contribution >= 4 is 15.9 Å². The molecule has 0 saturated carbocycles. The van der Waals surface area contributed by atoms with E-state index in [0.717, 1.165) is 11.1 Å². The fourth-order valence-corrected chi connectivity index (χ4v) is 5.45. The second-order valence-corrected chi connectivity index (χ2v) is 9.88. The number of carbonyl (C=O) groups is 1. The number of nitrogens with zero attached hydrogens (tertiary/aromatic N) is 1. The number of methoxy groups -OCH3 is 1. The van der Waals surface area contributed by atoms with Crippen LogP contribution in [0.25, 0.3) is 0 Å². The third-order valence-electron chi connectivity index (χ3n) is 5.77. The third kappa shape index (κ3) is 4.84. The number of benzene rings is 2. The highest BCUT2D eigenvalue weighted by atomic mass is 32.2. The number of amides is 1. The summed E-state index contributed by atoms with van der Waals surface area (Å²) >= 11 is 0. The molecular weight excluding hydrogens is 400 g/mol. The molecule has 1 aliphatic rings. The Bertz CT molecular complexity index is 994. The van der Waals surface area contributed by atoms with Crippen LogP contribution in [0, 0.1) is 19.8 Å². The van der Waals surface area contributed by atoms with E-state index in [0.29, 0.717) is 31.7 Å². The highest BCUT2D eigenvalue weighted by Crippen LogP contribution is 2.26. The van der Waals surface area contributed by atoms with Crippen molar-refractivity contribution in [3.05, 3.63) is 59.2 Å². The smallest absolute Gasteiger partial charge is 0.243 e. The maximum absolute atomic E-state index is 12.9. The molecule has 0 aliphatic carbocycles. The summed E-state index contributed by atoms with van der Waals surface area (Å²) in [5.74, 6) is 0.423. The molecule has 1 heterocycles. The summed E-state index contributed by atoms with van der Waals surface area (Å²) in [5, 5.41) is 3.10. The second kappa shape index (κ2) is 9.18. The van der Waals surface area contributed by atoms with Crippen LogP contribution >= 0.6 is 0 Å². The van der Waals surface area contributed by atoms with Gasteiger partial charge in [-0.25, -0.2) is 8.42 Å². The quantitative estimate of drug-likeness (QED) is 0.760. The number of hydrogen-bond acceptors (Lipinski definition) is 4. The molecule has 6 nitrogen and oxygen atoms in total. The van der Waals surface area contributed by atoms with Crippen LogP contribution in [-0.2, 0) is 14.8 Å². The summed E-state index contributed by atoms with van der Waals surface area (Å²) in [6.45, 7) is 6.76. The fourth-order valence-electron chi connectivity index (χ4n) is 3.98. The van der Waals surface area contributed by atoms with Crippen molar-refractivity contribution in [3.8, 4) is 5.75 Å². The van der Waals surface area contributed by atoms with Gasteiger partial charge in [0.05, 0.1) is 18.0 Å². The SMILES string of the molecule is COc1ccc(S(=O)(=O)N2CCC(C(=O)NC(C)c3ccc(C)cc3C)CC2)cc1. The average Bonchev–Trinajstić information content (AvgIpc) is 2.73. The van der Waals surface area contributed by atoms with E-state index >= 15 is 0 Å². The molecule has 0 aromatic heterocycles. The topological polar surface area (TPSA) is 75.7 Å². The Labute approximate surface area is 179 Å². The van der Waals surface area contributed by atoms with Gasteiger partial charge in [-0.3, -0.25) is 4.79 Å². The minimum absolute atomic E-state index is 0.0102. The van der Waals surface area contributed by atoms with Gasteiger partial charge in [-0.2, -0.15) is 4.31 Å². The van der Waals surface area contributed by atoms with Crippen molar-refractivity contribution in [2.24, 2.45) is 5.92 Å². The number of hydrogen-bond donors (Lipinski definition) is 1. The molecule has 1 atom stereocenters. The molecule has 1 saturated heterocycles. The summed E-state index contributed by atoms with van der Waals surface area (Å²) in [6, 6.07) is 12.5. The Morgan fingerprint density at radius 3 is 2.30 bits per heavy atom. The third-order valence-corrected chi connectivity index (χ3v) is 7.69. The molecule has 0 bridgehead atoms. The lowest BCUT2D eigenvalue weighted by atomic mass is 9.95. The van der Waals surface area contributed by atoms with Crippen molar-refractivity contribution in [1.29, 1.82) is 0 Å². The number of carbonyl (C=O) groups excluding carboxylic acids is 1. The Hall–Kier alpha value is -2.38. The van der Waals surface area contributed by atoms with Gasteiger partial charge in [0.15, 0.2) is 0 Å². The van der Waals surface area contributed by atoms with Crippen LogP contribution in [0.5, 0.6) is 5.75 Å². The summed E-state index contributed by atoms with van der Waals surface area (Å²) in [5.41, 5.74) is 3.46. The molecule has 30 heavy (non-hydrogen) atoms. The van der Waals surface area contributed by atoms with Crippen molar-refractivity contribution in [3.63, 3.8) is 0 Å². The van der Waals surface area contributed by atoms with Crippen molar-refractivity contribution in [2.75, 3.05) is 20.2 Å². The lowest BCUT2D eigenvalue weighted by molar-refractivity contribution is -0.126. The van der Waals surface area contributed by atoms with Crippen LogP contribution in [0.15, 0.2) is 47.4 Å². The van der Waals surface area contributed by atoms with E-state index in [4.69, 9.17) is 4.74 Å². The molecule has 1 aliphatic heterocycles. The monoisotopic (exact) mass is 430 g/mol. The van der Waals surface area contributed by atoms with Crippen LogP contribution in [0.1, 0.15) is 42.5 Å². The molecule has 1 N–H and O–H groups in total. The molecule has 162 valence electrons. The Balaban J connectivity index is 1.59. The molecule has 7 heteroatoms. The predicted octanol–water partition coefficient (Wildman–Crippen LogP) is 3.59. The summed E-state index contributed by atoms with van der Waals surface area (Å²) in [4.78, 5) is 13.0. The summed E-state index contributed by atoms with van der Waals surface area (Å²) in [6.07, 6.45) is 1.03. The normalized spacial score (nSPS) is 16.8. The molecule has 2 aromatic rings. The lowest BCUT2D eigenvalue weighted by Gasteiger charge is -2.31. The van der Waals surface area contributed by atoms with Crippen LogP contribution in [-0.4, -0.2) is 38.8 Å². The number of nitrogens with one attached hydrogen (secondary N) is 1. The first-order valence-corrected chi connectivity index (χ1v) is 11.7. The highest BCUT2D eigenvalue weighted by molar-refractivity contribution is 7.89. The molecule has 0 spiro atoms. The molecule has 1 fully saturated rings. The van der Waals surface area contributed by atoms with Crippen LogP contribution in [0.4, 0.5) is 0 Å². The first-order valence-electron chi connectivity index (χ1n) is 10.2. The minimum atomic E-state index is -3.57. The van der Waals surface area contributed by atoms with Gasteiger partial charge in [0.1, 0.15) is 5.75 Å². The summed E-state index contributed by atoms with van der Waals surface area (Å²) in [7, 11) is -2.02. The predicted molar refractivity (Wildman–Crippen MR) is 117 cm³/mol. The van der Waals surface area contributed by atoms with Gasteiger partial charge in [-0.15, -0.1) is 0 Å². The number of sulfonamides is 1. The van der Waals surface area contributed by atoms with Gasteiger partial charge in [0.25, 0.3) is 0 Å². The van der Waals surface area contributed by atoms with Crippen molar-refractivity contribution < 1.29 is 17.9 Å². The van der Waals surface area contributed by atoms with E-state index in [9.17, 15) is 13.2 Å². The highest BCUT2D eigenvalue weighted by Gasteiger charge is 2.32. The molecule has 1 unspecified atom stereocenters. The maximum atomic E-state index is 12.9. The zero-order valence-corrected chi connectivity index (χ0v) is 18.8. The van der Waals surface area contributed by atoms with Gasteiger partial charge in [0.2, 0.25) is 15.9 Å². The van der Waals surface area contributed by atoms with E-state index < -0.39 is 10.0 Å². The van der Waals surface area contributed by atoms with E-state index in [1.54, 1.807) is 31.4 Å². The number of rotatable bonds is 6. The first-order chi connectivity index (χ1) is 14.2. The Morgan fingerprint density at radius 1 is 1.10 bits per heavy atom. The Kier molecular flexibility index (Phi) is 6.83. The molecule has 1 amide bonds. The van der Waals surface area contributed by atoms with Crippen molar-refractivity contribution in [1.82, 2.24) is 9.62 Å². The Morgan fingerprint density at radius 2 is 1.73 bits per heavy atom. The van der Waals surface area contributed by atoms with Gasteiger partial charge in [0, 0.05) is 19.0 Å². The fraction of sp³-hybridized carbons (Fsp3) is 0.435. The van der Waals surface area contributed by atoms with Crippen LogP contribution in [0.3, 0.4) is 0 Å².